The number of likely N-dealkylation sites (tertiary alicyclic amines) is 1. The normalized spacial score (nSPS) is 27.0. The second kappa shape index (κ2) is 8.56. The van der Waals surface area contributed by atoms with Crippen LogP contribution in [0.25, 0.3) is 0 Å². The number of amides is 2. The van der Waals surface area contributed by atoms with Crippen LogP contribution in [-0.4, -0.2) is 55.7 Å². The average Bonchev–Trinajstić information content (AvgIpc) is 3.49. The van der Waals surface area contributed by atoms with E-state index in [1.165, 1.54) is 0 Å². The highest BCUT2D eigenvalue weighted by molar-refractivity contribution is 5.93. The molecule has 0 saturated carbocycles. The summed E-state index contributed by atoms with van der Waals surface area (Å²) in [6.45, 7) is 1.45. The van der Waals surface area contributed by atoms with Crippen molar-refractivity contribution in [2.45, 2.75) is 24.7 Å². The second-order valence-corrected chi connectivity index (χ2v) is 8.80. The zero-order valence-electron chi connectivity index (χ0n) is 18.8. The first kappa shape index (κ1) is 21.5. The minimum absolute atomic E-state index is 0.0119. The number of nitrogens with zero attached hydrogens (tertiary/aromatic N) is 1. The van der Waals surface area contributed by atoms with Gasteiger partial charge in [0.2, 0.25) is 11.8 Å². The summed E-state index contributed by atoms with van der Waals surface area (Å²) >= 11 is 0. The average molecular weight is 449 g/mol. The minimum Gasteiger partial charge on any atom is -0.493 e. The molecule has 5 rings (SSSR count). The maximum atomic E-state index is 13.4. The molecule has 0 radical (unpaired) electrons. The SMILES string of the molecule is COc1ccc(CCN2C[C@@]34C=C[C@H](O3)[C@@H](C(=O)NCc3ccccc3)[C@H]4C2=O)cc1OC. The molecular weight excluding hydrogens is 420 g/mol. The lowest BCUT2D eigenvalue weighted by molar-refractivity contribution is -0.137. The zero-order valence-corrected chi connectivity index (χ0v) is 18.8. The minimum atomic E-state index is -0.700. The number of benzene rings is 2. The molecule has 0 aromatic heterocycles. The maximum absolute atomic E-state index is 13.4. The highest BCUT2D eigenvalue weighted by atomic mass is 16.5. The Hall–Kier alpha value is -3.32. The zero-order chi connectivity index (χ0) is 23.0. The molecule has 1 N–H and O–H groups in total. The van der Waals surface area contributed by atoms with Crippen LogP contribution in [0.5, 0.6) is 11.5 Å². The Morgan fingerprint density at radius 1 is 1.12 bits per heavy atom. The van der Waals surface area contributed by atoms with Crippen LogP contribution in [0.3, 0.4) is 0 Å². The summed E-state index contributed by atoms with van der Waals surface area (Å²) < 4.78 is 16.9. The van der Waals surface area contributed by atoms with Crippen molar-refractivity contribution >= 4 is 11.8 Å². The van der Waals surface area contributed by atoms with Crippen LogP contribution >= 0.6 is 0 Å². The van der Waals surface area contributed by atoms with Crippen molar-refractivity contribution in [3.05, 3.63) is 71.8 Å². The third-order valence-corrected chi connectivity index (χ3v) is 6.91. The summed E-state index contributed by atoms with van der Waals surface area (Å²) in [5.74, 6) is 0.216. The molecule has 2 amide bonds. The molecule has 7 heteroatoms. The predicted molar refractivity (Wildman–Crippen MR) is 122 cm³/mol. The number of fused-ring (bicyclic) bond motifs is 1. The molecule has 172 valence electrons. The Labute approximate surface area is 193 Å². The smallest absolute Gasteiger partial charge is 0.230 e. The number of rotatable bonds is 8. The molecule has 3 heterocycles. The monoisotopic (exact) mass is 448 g/mol. The van der Waals surface area contributed by atoms with Crippen LogP contribution < -0.4 is 14.8 Å². The predicted octanol–water partition coefficient (Wildman–Crippen LogP) is 2.34. The van der Waals surface area contributed by atoms with Gasteiger partial charge in [0.05, 0.1) is 38.7 Å². The van der Waals surface area contributed by atoms with Crippen LogP contribution in [0, 0.1) is 11.8 Å². The van der Waals surface area contributed by atoms with Gasteiger partial charge in [-0.15, -0.1) is 0 Å². The van der Waals surface area contributed by atoms with Gasteiger partial charge in [-0.1, -0.05) is 48.6 Å². The Balaban J connectivity index is 1.26. The summed E-state index contributed by atoms with van der Waals surface area (Å²) in [4.78, 5) is 28.3. The lowest BCUT2D eigenvalue weighted by Crippen LogP contribution is -2.44. The number of hydrogen-bond acceptors (Lipinski definition) is 5. The van der Waals surface area contributed by atoms with Gasteiger partial charge in [-0.3, -0.25) is 9.59 Å². The molecule has 2 bridgehead atoms. The van der Waals surface area contributed by atoms with E-state index >= 15 is 0 Å². The number of carbonyl (C=O) groups is 2. The molecule has 0 aliphatic carbocycles. The fourth-order valence-corrected chi connectivity index (χ4v) is 5.27. The van der Waals surface area contributed by atoms with E-state index in [1.54, 1.807) is 14.2 Å². The molecule has 33 heavy (non-hydrogen) atoms. The second-order valence-electron chi connectivity index (χ2n) is 8.80. The number of hydrogen-bond donors (Lipinski definition) is 1. The largest absolute Gasteiger partial charge is 0.493 e. The molecule has 1 spiro atoms. The summed E-state index contributed by atoms with van der Waals surface area (Å²) in [6.07, 6.45) is 4.25. The highest BCUT2D eigenvalue weighted by Gasteiger charge is 2.66. The maximum Gasteiger partial charge on any atom is 0.230 e. The van der Waals surface area contributed by atoms with Crippen molar-refractivity contribution in [3.8, 4) is 11.5 Å². The topological polar surface area (TPSA) is 77.1 Å². The van der Waals surface area contributed by atoms with Crippen molar-refractivity contribution in [2.24, 2.45) is 11.8 Å². The van der Waals surface area contributed by atoms with Crippen LogP contribution in [0.2, 0.25) is 0 Å². The summed E-state index contributed by atoms with van der Waals surface area (Å²) in [6, 6.07) is 15.5. The first-order valence-corrected chi connectivity index (χ1v) is 11.2. The summed E-state index contributed by atoms with van der Waals surface area (Å²) in [7, 11) is 3.21. The van der Waals surface area contributed by atoms with Gasteiger partial charge in [0.15, 0.2) is 11.5 Å². The Bertz CT molecular complexity index is 1090. The lowest BCUT2D eigenvalue weighted by Gasteiger charge is -2.23. The molecule has 3 aliphatic rings. The number of methoxy groups -OCH3 is 2. The van der Waals surface area contributed by atoms with E-state index in [2.05, 4.69) is 5.32 Å². The third-order valence-electron chi connectivity index (χ3n) is 6.91. The van der Waals surface area contributed by atoms with Gasteiger partial charge in [0, 0.05) is 13.1 Å². The standard InChI is InChI=1S/C26H28N2O5/c1-31-19-9-8-17(14-21(19)32-2)11-13-28-16-26-12-10-20(33-26)22(23(26)25(28)30)24(29)27-15-18-6-4-3-5-7-18/h3-10,12,14,20,22-23H,11,13,15-16H2,1-2H3,(H,27,29)/t20-,22+,23-,26+/m0/s1. The third kappa shape index (κ3) is 3.76. The van der Waals surface area contributed by atoms with Crippen molar-refractivity contribution in [1.82, 2.24) is 10.2 Å². The fraction of sp³-hybridized carbons (Fsp3) is 0.385. The van der Waals surface area contributed by atoms with E-state index in [4.69, 9.17) is 14.2 Å². The van der Waals surface area contributed by atoms with Gasteiger partial charge in [-0.2, -0.15) is 0 Å². The van der Waals surface area contributed by atoms with E-state index in [-0.39, 0.29) is 17.9 Å². The first-order chi connectivity index (χ1) is 16.0. The molecule has 7 nitrogen and oxygen atoms in total. The van der Waals surface area contributed by atoms with Gasteiger partial charge in [0.25, 0.3) is 0 Å². The summed E-state index contributed by atoms with van der Waals surface area (Å²) in [5, 5.41) is 3.00. The molecule has 2 aromatic carbocycles. The van der Waals surface area contributed by atoms with Crippen molar-refractivity contribution in [2.75, 3.05) is 27.3 Å². The number of ether oxygens (including phenoxy) is 3. The lowest BCUT2D eigenvalue weighted by atomic mass is 9.77. The molecular formula is C26H28N2O5. The Morgan fingerprint density at radius 2 is 1.91 bits per heavy atom. The van der Waals surface area contributed by atoms with Crippen molar-refractivity contribution < 1.29 is 23.8 Å². The van der Waals surface area contributed by atoms with Crippen LogP contribution in [0.1, 0.15) is 11.1 Å². The van der Waals surface area contributed by atoms with E-state index in [1.807, 2.05) is 65.6 Å². The van der Waals surface area contributed by atoms with Crippen molar-refractivity contribution in [1.29, 1.82) is 0 Å². The fourth-order valence-electron chi connectivity index (χ4n) is 5.27. The summed E-state index contributed by atoms with van der Waals surface area (Å²) in [5.41, 5.74) is 1.37. The number of carbonyl (C=O) groups excluding carboxylic acids is 2. The van der Waals surface area contributed by atoms with Gasteiger partial charge in [-0.25, -0.2) is 0 Å². The van der Waals surface area contributed by atoms with Gasteiger partial charge >= 0.3 is 0 Å². The highest BCUT2D eigenvalue weighted by Crippen LogP contribution is 2.51. The molecule has 2 fully saturated rings. The van der Waals surface area contributed by atoms with Crippen LogP contribution in [-0.2, 0) is 27.3 Å². The Kier molecular flexibility index (Phi) is 5.58. The van der Waals surface area contributed by atoms with E-state index in [9.17, 15) is 9.59 Å². The quantitative estimate of drug-likeness (QED) is 0.628. The van der Waals surface area contributed by atoms with Crippen LogP contribution in [0.4, 0.5) is 0 Å². The van der Waals surface area contributed by atoms with Crippen LogP contribution in [0.15, 0.2) is 60.7 Å². The van der Waals surface area contributed by atoms with Gasteiger partial charge in [0.1, 0.15) is 5.60 Å². The first-order valence-electron chi connectivity index (χ1n) is 11.2. The molecule has 2 aromatic rings. The van der Waals surface area contributed by atoms with Gasteiger partial charge < -0.3 is 24.4 Å². The van der Waals surface area contributed by atoms with E-state index in [0.717, 1.165) is 11.1 Å². The van der Waals surface area contributed by atoms with Crippen molar-refractivity contribution in [3.63, 3.8) is 0 Å². The molecule has 0 unspecified atom stereocenters. The van der Waals surface area contributed by atoms with Gasteiger partial charge in [-0.05, 0) is 29.7 Å². The molecule has 2 saturated heterocycles. The van der Waals surface area contributed by atoms with E-state index in [0.29, 0.717) is 37.6 Å². The van der Waals surface area contributed by atoms with E-state index < -0.39 is 17.4 Å². The number of nitrogens with one attached hydrogen (secondary N) is 1. The Morgan fingerprint density at radius 3 is 2.67 bits per heavy atom. The molecule has 3 aliphatic heterocycles. The molecule has 4 atom stereocenters.